The van der Waals surface area contributed by atoms with E-state index in [2.05, 4.69) is 10.4 Å². The van der Waals surface area contributed by atoms with Gasteiger partial charge in [0.15, 0.2) is 5.75 Å². The first-order chi connectivity index (χ1) is 16.7. The van der Waals surface area contributed by atoms with Crippen LogP contribution >= 0.6 is 0 Å². The van der Waals surface area contributed by atoms with Crippen molar-refractivity contribution in [1.82, 2.24) is 19.6 Å². The van der Waals surface area contributed by atoms with Crippen LogP contribution in [0.5, 0.6) is 5.75 Å². The first-order valence-corrected chi connectivity index (χ1v) is 11.1. The molecule has 3 amide bonds. The minimum atomic E-state index is -0.643. The van der Waals surface area contributed by atoms with Gasteiger partial charge in [-0.3, -0.25) is 24.4 Å². The maximum atomic E-state index is 13.0. The Morgan fingerprint density at radius 2 is 1.86 bits per heavy atom. The molecule has 0 aliphatic carbocycles. The minimum absolute atomic E-state index is 0.0472. The molecule has 35 heavy (non-hydrogen) atoms. The summed E-state index contributed by atoms with van der Waals surface area (Å²) >= 11 is 0. The number of hydrogen-bond donors (Lipinski definition) is 1. The number of anilines is 1. The van der Waals surface area contributed by atoms with Crippen LogP contribution in [0.2, 0.25) is 0 Å². The highest BCUT2D eigenvalue weighted by Gasteiger charge is 2.29. The Bertz CT molecular complexity index is 1120. The number of rotatable bonds is 7. The van der Waals surface area contributed by atoms with Gasteiger partial charge in [0.2, 0.25) is 5.91 Å². The molecule has 1 N–H and O–H groups in total. The minimum Gasteiger partial charge on any atom is -0.490 e. The number of nitro groups is 1. The van der Waals surface area contributed by atoms with Gasteiger partial charge in [-0.2, -0.15) is 5.10 Å². The molecular formula is C22H28N6O7. The SMILES string of the molecule is CCOC(=O)N1CCN(C(=O)C(C)n2cc(NC(=O)c3ccc(OC)c([N+](=O)[O-])c3)c(C)n2)CC1. The molecule has 3 rings (SSSR count). The van der Waals surface area contributed by atoms with Crippen molar-refractivity contribution in [3.05, 3.63) is 45.8 Å². The summed E-state index contributed by atoms with van der Waals surface area (Å²) in [5, 5.41) is 18.3. The summed E-state index contributed by atoms with van der Waals surface area (Å²) in [4.78, 5) is 51.4. The monoisotopic (exact) mass is 488 g/mol. The van der Waals surface area contributed by atoms with Crippen molar-refractivity contribution in [2.24, 2.45) is 0 Å². The van der Waals surface area contributed by atoms with Gasteiger partial charge in [-0.05, 0) is 32.9 Å². The number of aromatic nitrogens is 2. The highest BCUT2D eigenvalue weighted by atomic mass is 16.6. The third kappa shape index (κ3) is 5.67. The van der Waals surface area contributed by atoms with E-state index < -0.39 is 23.0 Å². The third-order valence-electron chi connectivity index (χ3n) is 5.67. The van der Waals surface area contributed by atoms with Crippen molar-refractivity contribution in [1.29, 1.82) is 0 Å². The first kappa shape index (κ1) is 25.5. The lowest BCUT2D eigenvalue weighted by Crippen LogP contribution is -2.52. The number of hydrogen-bond acceptors (Lipinski definition) is 8. The summed E-state index contributed by atoms with van der Waals surface area (Å²) < 4.78 is 11.4. The number of nitro benzene ring substituents is 1. The Morgan fingerprint density at radius 1 is 1.20 bits per heavy atom. The molecule has 1 aliphatic rings. The number of piperazine rings is 1. The van der Waals surface area contributed by atoms with Gasteiger partial charge in [0.25, 0.3) is 5.91 Å². The number of nitrogens with one attached hydrogen (secondary N) is 1. The second-order valence-corrected chi connectivity index (χ2v) is 7.89. The van der Waals surface area contributed by atoms with E-state index in [4.69, 9.17) is 9.47 Å². The van der Waals surface area contributed by atoms with Gasteiger partial charge in [-0.25, -0.2) is 4.79 Å². The maximum absolute atomic E-state index is 13.0. The van der Waals surface area contributed by atoms with Crippen molar-refractivity contribution in [3.8, 4) is 5.75 Å². The predicted molar refractivity (Wildman–Crippen MR) is 124 cm³/mol. The number of carbonyl (C=O) groups excluding carboxylic acids is 3. The molecule has 1 aromatic carbocycles. The van der Waals surface area contributed by atoms with Gasteiger partial charge in [0.05, 0.1) is 30.0 Å². The largest absolute Gasteiger partial charge is 0.490 e. The Kier molecular flexibility index (Phi) is 7.89. The zero-order valence-electron chi connectivity index (χ0n) is 20.0. The van der Waals surface area contributed by atoms with Crippen LogP contribution in [0.25, 0.3) is 0 Å². The maximum Gasteiger partial charge on any atom is 0.409 e. The molecule has 0 spiro atoms. The first-order valence-electron chi connectivity index (χ1n) is 11.1. The molecule has 13 nitrogen and oxygen atoms in total. The van der Waals surface area contributed by atoms with Crippen LogP contribution in [0.3, 0.4) is 0 Å². The highest BCUT2D eigenvalue weighted by Crippen LogP contribution is 2.28. The van der Waals surface area contributed by atoms with Crippen LogP contribution in [0.4, 0.5) is 16.2 Å². The Hall–Kier alpha value is -4.16. The Balaban J connectivity index is 1.66. The third-order valence-corrected chi connectivity index (χ3v) is 5.67. The Labute approximate surface area is 201 Å². The molecule has 0 bridgehead atoms. The normalized spacial score (nSPS) is 14.3. The zero-order chi connectivity index (χ0) is 25.7. The highest BCUT2D eigenvalue weighted by molar-refractivity contribution is 6.05. The molecule has 0 radical (unpaired) electrons. The van der Waals surface area contributed by atoms with Gasteiger partial charge >= 0.3 is 11.8 Å². The van der Waals surface area contributed by atoms with E-state index in [1.165, 1.54) is 23.9 Å². The van der Waals surface area contributed by atoms with Gasteiger partial charge in [0.1, 0.15) is 6.04 Å². The van der Waals surface area contributed by atoms with E-state index in [9.17, 15) is 24.5 Å². The predicted octanol–water partition coefficient (Wildman–Crippen LogP) is 2.22. The van der Waals surface area contributed by atoms with Gasteiger partial charge in [0, 0.05) is 44.0 Å². The molecule has 0 saturated carbocycles. The number of ether oxygens (including phenoxy) is 2. The second kappa shape index (κ2) is 10.8. The molecule has 13 heteroatoms. The fourth-order valence-corrected chi connectivity index (χ4v) is 3.67. The second-order valence-electron chi connectivity index (χ2n) is 7.89. The number of carbonyl (C=O) groups is 3. The average molecular weight is 489 g/mol. The zero-order valence-corrected chi connectivity index (χ0v) is 20.0. The van der Waals surface area contributed by atoms with E-state index in [0.717, 1.165) is 6.07 Å². The van der Waals surface area contributed by atoms with Gasteiger partial charge in [-0.1, -0.05) is 0 Å². The summed E-state index contributed by atoms with van der Waals surface area (Å²) in [5.74, 6) is -0.682. The lowest BCUT2D eigenvalue weighted by Gasteiger charge is -2.35. The van der Waals surface area contributed by atoms with Crippen molar-refractivity contribution in [2.75, 3.05) is 45.2 Å². The van der Waals surface area contributed by atoms with Crippen molar-refractivity contribution in [2.45, 2.75) is 26.8 Å². The molecule has 1 aromatic heterocycles. The van der Waals surface area contributed by atoms with Crippen LogP contribution in [-0.4, -0.2) is 82.3 Å². The quantitative estimate of drug-likeness (QED) is 0.461. The fourth-order valence-electron chi connectivity index (χ4n) is 3.67. The van der Waals surface area contributed by atoms with Crippen LogP contribution in [0.1, 0.15) is 35.9 Å². The van der Waals surface area contributed by atoms with Crippen LogP contribution in [0.15, 0.2) is 24.4 Å². The molecule has 2 heterocycles. The molecule has 1 atom stereocenters. The average Bonchev–Trinajstić information content (AvgIpc) is 3.22. The summed E-state index contributed by atoms with van der Waals surface area (Å²) in [6.07, 6.45) is 1.15. The topological polar surface area (TPSA) is 149 Å². The van der Waals surface area contributed by atoms with E-state index in [-0.39, 0.29) is 22.9 Å². The number of amides is 3. The number of methoxy groups -OCH3 is 1. The van der Waals surface area contributed by atoms with Crippen molar-refractivity contribution < 1.29 is 28.8 Å². The summed E-state index contributed by atoms with van der Waals surface area (Å²) in [7, 11) is 1.31. The molecule has 1 unspecified atom stereocenters. The van der Waals surface area contributed by atoms with Crippen molar-refractivity contribution in [3.63, 3.8) is 0 Å². The van der Waals surface area contributed by atoms with E-state index in [1.54, 1.807) is 36.8 Å². The van der Waals surface area contributed by atoms with Crippen LogP contribution < -0.4 is 10.1 Å². The lowest BCUT2D eigenvalue weighted by molar-refractivity contribution is -0.385. The number of nitrogens with zero attached hydrogens (tertiary/aromatic N) is 5. The smallest absolute Gasteiger partial charge is 0.409 e. The van der Waals surface area contributed by atoms with E-state index >= 15 is 0 Å². The number of benzene rings is 1. The fraction of sp³-hybridized carbons (Fsp3) is 0.455. The molecule has 1 aliphatic heterocycles. The molecule has 1 saturated heterocycles. The molecular weight excluding hydrogens is 460 g/mol. The molecule has 1 fully saturated rings. The summed E-state index contributed by atoms with van der Waals surface area (Å²) in [6, 6.07) is 3.26. The lowest BCUT2D eigenvalue weighted by atomic mass is 10.1. The molecule has 2 aromatic rings. The van der Waals surface area contributed by atoms with Gasteiger partial charge < -0.3 is 24.6 Å². The van der Waals surface area contributed by atoms with Crippen LogP contribution in [0, 0.1) is 17.0 Å². The van der Waals surface area contributed by atoms with E-state index in [0.29, 0.717) is 44.2 Å². The van der Waals surface area contributed by atoms with Crippen LogP contribution in [-0.2, 0) is 9.53 Å². The van der Waals surface area contributed by atoms with Crippen molar-refractivity contribution >= 4 is 29.3 Å². The van der Waals surface area contributed by atoms with E-state index in [1.807, 2.05) is 0 Å². The summed E-state index contributed by atoms with van der Waals surface area (Å²) in [5.41, 5.74) is 0.608. The Morgan fingerprint density at radius 3 is 2.46 bits per heavy atom. The van der Waals surface area contributed by atoms with Gasteiger partial charge in [-0.15, -0.1) is 0 Å². The molecule has 188 valence electrons. The standard InChI is InChI=1S/C22H28N6O7/c1-5-35-22(31)26-10-8-25(9-11-26)21(30)15(3)27-13-17(14(2)24-27)23-20(29)16-6-7-19(34-4)18(12-16)28(32)33/h6-7,12-13,15H,5,8-11H2,1-4H3,(H,23,29). The summed E-state index contributed by atoms with van der Waals surface area (Å²) in [6.45, 7) is 6.92. The number of aryl methyl sites for hydroxylation is 1.